The quantitative estimate of drug-likeness (QED) is 0.815. The van der Waals surface area contributed by atoms with Crippen LogP contribution in [0, 0.1) is 6.92 Å². The normalized spacial score (nSPS) is 10.8. The van der Waals surface area contributed by atoms with E-state index in [9.17, 15) is 0 Å². The third kappa shape index (κ3) is 2.24. The van der Waals surface area contributed by atoms with Gasteiger partial charge in [0.25, 0.3) is 0 Å². The summed E-state index contributed by atoms with van der Waals surface area (Å²) in [7, 11) is 0. The number of hydrogen-bond donors (Lipinski definition) is 1. The number of aromatic nitrogens is 3. The number of furan rings is 1. The van der Waals surface area contributed by atoms with E-state index in [1.807, 2.05) is 25.3 Å². The lowest BCUT2D eigenvalue weighted by molar-refractivity contribution is 0.546. The lowest BCUT2D eigenvalue weighted by Gasteiger charge is -1.95. The summed E-state index contributed by atoms with van der Waals surface area (Å²) in [4.78, 5) is 0. The topological polar surface area (TPSA) is 69.9 Å². The summed E-state index contributed by atoms with van der Waals surface area (Å²) >= 11 is 0. The molecule has 15 heavy (non-hydrogen) atoms. The molecule has 2 heterocycles. The molecule has 0 aliphatic carbocycles. The molecule has 2 aromatic rings. The van der Waals surface area contributed by atoms with E-state index in [2.05, 4.69) is 10.3 Å². The van der Waals surface area contributed by atoms with E-state index in [1.165, 1.54) is 0 Å². The van der Waals surface area contributed by atoms with Crippen LogP contribution in [-0.4, -0.2) is 21.5 Å². The van der Waals surface area contributed by atoms with Crippen molar-refractivity contribution in [1.29, 1.82) is 0 Å². The molecule has 0 aromatic carbocycles. The summed E-state index contributed by atoms with van der Waals surface area (Å²) in [6.07, 6.45) is 2.77. The molecule has 0 saturated carbocycles. The van der Waals surface area contributed by atoms with Crippen LogP contribution in [-0.2, 0) is 6.54 Å². The van der Waals surface area contributed by atoms with Gasteiger partial charge in [-0.1, -0.05) is 5.21 Å². The molecule has 2 aromatic heterocycles. The monoisotopic (exact) mass is 206 g/mol. The maximum atomic E-state index is 5.45. The Morgan fingerprint density at radius 3 is 3.00 bits per heavy atom. The standard InChI is InChI=1S/C10H14N4O/c1-8-3-4-10(15-8)9-7-14(13-12-9)6-2-5-11/h3-4,7H,2,5-6,11H2,1H3. The Morgan fingerprint density at radius 1 is 1.47 bits per heavy atom. The molecule has 5 nitrogen and oxygen atoms in total. The first-order valence-electron chi connectivity index (χ1n) is 4.96. The molecule has 0 aliphatic rings. The highest BCUT2D eigenvalue weighted by atomic mass is 16.3. The molecule has 0 spiro atoms. The van der Waals surface area contributed by atoms with Gasteiger partial charge in [0, 0.05) is 6.54 Å². The molecule has 0 fully saturated rings. The Labute approximate surface area is 87.9 Å². The van der Waals surface area contributed by atoms with Gasteiger partial charge in [-0.05, 0) is 32.0 Å². The van der Waals surface area contributed by atoms with Gasteiger partial charge in [0.2, 0.25) is 0 Å². The molecule has 0 bridgehead atoms. The van der Waals surface area contributed by atoms with E-state index in [4.69, 9.17) is 10.2 Å². The van der Waals surface area contributed by atoms with Crippen LogP contribution in [0.3, 0.4) is 0 Å². The molecule has 0 aliphatic heterocycles. The van der Waals surface area contributed by atoms with Crippen LogP contribution in [0.2, 0.25) is 0 Å². The first kappa shape index (κ1) is 9.92. The Hall–Kier alpha value is -1.62. The minimum Gasteiger partial charge on any atom is -0.460 e. The maximum Gasteiger partial charge on any atom is 0.156 e. The van der Waals surface area contributed by atoms with Gasteiger partial charge in [0.05, 0.1) is 6.20 Å². The Kier molecular flexibility index (Phi) is 2.82. The van der Waals surface area contributed by atoms with E-state index in [0.29, 0.717) is 6.54 Å². The Morgan fingerprint density at radius 2 is 2.33 bits per heavy atom. The van der Waals surface area contributed by atoms with Gasteiger partial charge >= 0.3 is 0 Å². The summed E-state index contributed by atoms with van der Waals surface area (Å²) in [5.74, 6) is 1.63. The highest BCUT2D eigenvalue weighted by Gasteiger charge is 2.06. The zero-order valence-corrected chi connectivity index (χ0v) is 8.68. The van der Waals surface area contributed by atoms with Gasteiger partial charge < -0.3 is 10.2 Å². The van der Waals surface area contributed by atoms with Crippen LogP contribution >= 0.6 is 0 Å². The largest absolute Gasteiger partial charge is 0.460 e. The van der Waals surface area contributed by atoms with E-state index in [-0.39, 0.29) is 0 Å². The van der Waals surface area contributed by atoms with Gasteiger partial charge in [0.1, 0.15) is 11.5 Å². The van der Waals surface area contributed by atoms with Gasteiger partial charge in [-0.3, -0.25) is 4.68 Å². The molecular formula is C10H14N4O. The van der Waals surface area contributed by atoms with E-state index >= 15 is 0 Å². The molecule has 0 unspecified atom stereocenters. The smallest absolute Gasteiger partial charge is 0.156 e. The van der Waals surface area contributed by atoms with Gasteiger partial charge in [-0.25, -0.2) is 0 Å². The van der Waals surface area contributed by atoms with Crippen molar-refractivity contribution in [2.24, 2.45) is 5.73 Å². The van der Waals surface area contributed by atoms with Gasteiger partial charge in [0.15, 0.2) is 5.76 Å². The number of aryl methyl sites for hydroxylation is 2. The molecule has 0 radical (unpaired) electrons. The van der Waals surface area contributed by atoms with Crippen molar-refractivity contribution in [3.8, 4) is 11.5 Å². The van der Waals surface area contributed by atoms with Crippen molar-refractivity contribution in [2.45, 2.75) is 19.9 Å². The molecule has 0 saturated heterocycles. The summed E-state index contributed by atoms with van der Waals surface area (Å²) < 4.78 is 7.22. The van der Waals surface area contributed by atoms with E-state index in [0.717, 1.165) is 30.2 Å². The minimum absolute atomic E-state index is 0.662. The summed E-state index contributed by atoms with van der Waals surface area (Å²) in [5, 5.41) is 8.02. The number of hydrogen-bond acceptors (Lipinski definition) is 4. The number of nitrogens with two attached hydrogens (primary N) is 1. The average molecular weight is 206 g/mol. The van der Waals surface area contributed by atoms with E-state index < -0.39 is 0 Å². The van der Waals surface area contributed by atoms with Crippen LogP contribution < -0.4 is 5.73 Å². The fraction of sp³-hybridized carbons (Fsp3) is 0.400. The zero-order chi connectivity index (χ0) is 10.7. The molecule has 2 N–H and O–H groups in total. The SMILES string of the molecule is Cc1ccc(-c2cn(CCCN)nn2)o1. The molecule has 0 amide bonds. The zero-order valence-electron chi connectivity index (χ0n) is 8.68. The minimum atomic E-state index is 0.662. The van der Waals surface area contributed by atoms with Gasteiger partial charge in [-0.15, -0.1) is 5.10 Å². The average Bonchev–Trinajstić information content (AvgIpc) is 2.83. The first-order chi connectivity index (χ1) is 7.29. The van der Waals surface area contributed by atoms with Crippen LogP contribution in [0.5, 0.6) is 0 Å². The summed E-state index contributed by atoms with van der Waals surface area (Å²) in [6.45, 7) is 3.36. The fourth-order valence-electron chi connectivity index (χ4n) is 1.35. The third-order valence-corrected chi connectivity index (χ3v) is 2.12. The Balaban J connectivity index is 2.13. The predicted molar refractivity (Wildman–Crippen MR) is 56.1 cm³/mol. The highest BCUT2D eigenvalue weighted by Crippen LogP contribution is 2.18. The predicted octanol–water partition coefficient (Wildman–Crippen LogP) is 1.20. The van der Waals surface area contributed by atoms with Gasteiger partial charge in [-0.2, -0.15) is 0 Å². The second kappa shape index (κ2) is 4.27. The second-order valence-corrected chi connectivity index (χ2v) is 3.42. The van der Waals surface area contributed by atoms with E-state index in [1.54, 1.807) is 4.68 Å². The van der Waals surface area contributed by atoms with Crippen LogP contribution in [0.4, 0.5) is 0 Å². The van der Waals surface area contributed by atoms with Crippen LogP contribution in [0.15, 0.2) is 22.7 Å². The molecular weight excluding hydrogens is 192 g/mol. The summed E-state index contributed by atoms with van der Waals surface area (Å²) in [6, 6.07) is 3.81. The molecule has 80 valence electrons. The number of rotatable bonds is 4. The molecule has 2 rings (SSSR count). The van der Waals surface area contributed by atoms with Crippen molar-refractivity contribution in [3.05, 3.63) is 24.1 Å². The fourth-order valence-corrected chi connectivity index (χ4v) is 1.35. The Bertz CT molecular complexity index is 432. The van der Waals surface area contributed by atoms with Crippen molar-refractivity contribution >= 4 is 0 Å². The van der Waals surface area contributed by atoms with Crippen molar-refractivity contribution in [3.63, 3.8) is 0 Å². The third-order valence-electron chi connectivity index (χ3n) is 2.12. The maximum absolute atomic E-state index is 5.45. The first-order valence-corrected chi connectivity index (χ1v) is 4.96. The lowest BCUT2D eigenvalue weighted by Crippen LogP contribution is -2.06. The van der Waals surface area contributed by atoms with Crippen molar-refractivity contribution in [1.82, 2.24) is 15.0 Å². The van der Waals surface area contributed by atoms with Crippen LogP contribution in [0.25, 0.3) is 11.5 Å². The van der Waals surface area contributed by atoms with Crippen LogP contribution in [0.1, 0.15) is 12.2 Å². The second-order valence-electron chi connectivity index (χ2n) is 3.42. The lowest BCUT2D eigenvalue weighted by atomic mass is 10.3. The molecule has 5 heteroatoms. The molecule has 0 atom stereocenters. The summed E-state index contributed by atoms with van der Waals surface area (Å²) in [5.41, 5.74) is 6.18. The van der Waals surface area contributed by atoms with Crippen molar-refractivity contribution in [2.75, 3.05) is 6.54 Å². The number of nitrogens with zero attached hydrogens (tertiary/aromatic N) is 3. The van der Waals surface area contributed by atoms with Crippen molar-refractivity contribution < 1.29 is 4.42 Å². The highest BCUT2D eigenvalue weighted by molar-refractivity contribution is 5.49.